The van der Waals surface area contributed by atoms with Gasteiger partial charge in [-0.3, -0.25) is 4.79 Å². The maximum atomic E-state index is 12.2. The van der Waals surface area contributed by atoms with Gasteiger partial charge >= 0.3 is 0 Å². The number of nitrogens with zero attached hydrogens (tertiary/aromatic N) is 2. The zero-order valence-corrected chi connectivity index (χ0v) is 12.7. The van der Waals surface area contributed by atoms with Crippen molar-refractivity contribution in [3.05, 3.63) is 35.9 Å². The molecule has 0 aliphatic heterocycles. The zero-order chi connectivity index (χ0) is 15.0. The van der Waals surface area contributed by atoms with E-state index in [1.165, 1.54) is 0 Å². The third kappa shape index (κ3) is 5.89. The van der Waals surface area contributed by atoms with Gasteiger partial charge in [0.1, 0.15) is 0 Å². The van der Waals surface area contributed by atoms with Gasteiger partial charge in [0.25, 0.3) is 0 Å². The highest BCUT2D eigenvalue weighted by molar-refractivity contribution is 5.91. The molecule has 1 rings (SSSR count). The molecular formula is C16H25N3O. The molecule has 110 valence electrons. The fraction of sp³-hybridized carbons (Fsp3) is 0.438. The number of nitrogens with two attached hydrogens (primary N) is 1. The first-order valence-electron chi connectivity index (χ1n) is 7.00. The quantitative estimate of drug-likeness (QED) is 0.612. The Morgan fingerprint density at radius 2 is 2.00 bits per heavy atom. The summed E-state index contributed by atoms with van der Waals surface area (Å²) in [6.07, 6.45) is 4.41. The number of rotatable bonds is 7. The third-order valence-electron chi connectivity index (χ3n) is 2.95. The molecule has 1 aromatic rings. The van der Waals surface area contributed by atoms with Crippen molar-refractivity contribution in [2.75, 3.05) is 39.5 Å². The van der Waals surface area contributed by atoms with E-state index in [4.69, 9.17) is 5.73 Å². The van der Waals surface area contributed by atoms with Crippen LogP contribution < -0.4 is 5.73 Å². The van der Waals surface area contributed by atoms with Crippen molar-refractivity contribution >= 4 is 17.7 Å². The number of anilines is 1. The molecule has 1 aromatic carbocycles. The van der Waals surface area contributed by atoms with Gasteiger partial charge in [0, 0.05) is 31.4 Å². The summed E-state index contributed by atoms with van der Waals surface area (Å²) >= 11 is 0. The van der Waals surface area contributed by atoms with Crippen LogP contribution in [0, 0.1) is 0 Å². The molecule has 0 aliphatic rings. The number of nitrogen functional groups attached to an aromatic ring is 1. The van der Waals surface area contributed by atoms with Crippen LogP contribution in [-0.4, -0.2) is 49.4 Å². The lowest BCUT2D eigenvalue weighted by molar-refractivity contribution is -0.126. The molecule has 2 N–H and O–H groups in total. The first-order chi connectivity index (χ1) is 9.52. The van der Waals surface area contributed by atoms with Crippen LogP contribution in [0.1, 0.15) is 18.9 Å². The molecule has 0 atom stereocenters. The van der Waals surface area contributed by atoms with Crippen LogP contribution in [0.15, 0.2) is 30.3 Å². The minimum atomic E-state index is 0.0520. The average Bonchev–Trinajstić information content (AvgIpc) is 2.40. The van der Waals surface area contributed by atoms with Gasteiger partial charge in [-0.15, -0.1) is 0 Å². The Kier molecular flexibility index (Phi) is 6.81. The second kappa shape index (κ2) is 8.38. The number of hydrogen-bond donors (Lipinski definition) is 1. The molecule has 0 heterocycles. The summed E-state index contributed by atoms with van der Waals surface area (Å²) in [7, 11) is 4.02. The van der Waals surface area contributed by atoms with Crippen molar-refractivity contribution in [2.45, 2.75) is 13.3 Å². The molecule has 0 radical (unpaired) electrons. The van der Waals surface area contributed by atoms with E-state index in [2.05, 4.69) is 11.8 Å². The topological polar surface area (TPSA) is 49.6 Å². The van der Waals surface area contributed by atoms with E-state index in [1.807, 2.05) is 49.3 Å². The van der Waals surface area contributed by atoms with Gasteiger partial charge in [-0.2, -0.15) is 0 Å². The number of carbonyl (C=O) groups is 1. The van der Waals surface area contributed by atoms with E-state index in [0.717, 1.165) is 31.6 Å². The first-order valence-corrected chi connectivity index (χ1v) is 7.00. The summed E-state index contributed by atoms with van der Waals surface area (Å²) in [5, 5.41) is 0. The second-order valence-corrected chi connectivity index (χ2v) is 5.13. The van der Waals surface area contributed by atoms with Gasteiger partial charge in [0.15, 0.2) is 0 Å². The molecule has 20 heavy (non-hydrogen) atoms. The average molecular weight is 275 g/mol. The van der Waals surface area contributed by atoms with E-state index in [1.54, 1.807) is 6.08 Å². The Hall–Kier alpha value is -1.81. The van der Waals surface area contributed by atoms with Crippen LogP contribution in [0.3, 0.4) is 0 Å². The maximum absolute atomic E-state index is 12.2. The summed E-state index contributed by atoms with van der Waals surface area (Å²) in [5.41, 5.74) is 7.37. The smallest absolute Gasteiger partial charge is 0.246 e. The number of likely N-dealkylation sites (N-methyl/N-ethyl adjacent to an activating group) is 1. The molecule has 0 spiro atoms. The van der Waals surface area contributed by atoms with Crippen molar-refractivity contribution in [3.63, 3.8) is 0 Å². The fourth-order valence-corrected chi connectivity index (χ4v) is 1.86. The van der Waals surface area contributed by atoms with Crippen molar-refractivity contribution < 1.29 is 4.79 Å². The fourth-order valence-electron chi connectivity index (χ4n) is 1.86. The highest BCUT2D eigenvalue weighted by atomic mass is 16.2. The van der Waals surface area contributed by atoms with Gasteiger partial charge in [-0.25, -0.2) is 0 Å². The van der Waals surface area contributed by atoms with E-state index < -0.39 is 0 Å². The van der Waals surface area contributed by atoms with Crippen molar-refractivity contribution in [2.24, 2.45) is 0 Å². The lowest BCUT2D eigenvalue weighted by Gasteiger charge is -2.22. The van der Waals surface area contributed by atoms with Crippen molar-refractivity contribution in [1.82, 2.24) is 9.80 Å². The highest BCUT2D eigenvalue weighted by Crippen LogP contribution is 2.08. The van der Waals surface area contributed by atoms with Gasteiger partial charge < -0.3 is 15.5 Å². The molecule has 0 unspecified atom stereocenters. The molecule has 0 fully saturated rings. The Morgan fingerprint density at radius 3 is 2.60 bits per heavy atom. The monoisotopic (exact) mass is 275 g/mol. The Labute approximate surface area is 121 Å². The summed E-state index contributed by atoms with van der Waals surface area (Å²) in [5.74, 6) is 0.0520. The van der Waals surface area contributed by atoms with E-state index >= 15 is 0 Å². The number of amides is 1. The lowest BCUT2D eigenvalue weighted by Crippen LogP contribution is -2.36. The van der Waals surface area contributed by atoms with Crippen LogP contribution in [-0.2, 0) is 4.79 Å². The molecule has 4 nitrogen and oxygen atoms in total. The molecule has 4 heteroatoms. The van der Waals surface area contributed by atoms with E-state index in [9.17, 15) is 4.79 Å². The van der Waals surface area contributed by atoms with Gasteiger partial charge in [0.05, 0.1) is 0 Å². The summed E-state index contributed by atoms with van der Waals surface area (Å²) in [6, 6.07) is 7.51. The van der Waals surface area contributed by atoms with E-state index in [-0.39, 0.29) is 5.91 Å². The molecule has 0 aromatic heterocycles. The predicted molar refractivity (Wildman–Crippen MR) is 85.3 cm³/mol. The standard InChI is InChI=1S/C16H25N3O/c1-4-10-19(12-11-18(2)3)16(20)9-8-14-6-5-7-15(17)13-14/h5-9,13H,4,10-12,17H2,1-3H3/b9-8+. The van der Waals surface area contributed by atoms with Crippen LogP contribution in [0.4, 0.5) is 5.69 Å². The van der Waals surface area contributed by atoms with Gasteiger partial charge in [-0.1, -0.05) is 19.1 Å². The van der Waals surface area contributed by atoms with Gasteiger partial charge in [0.2, 0.25) is 5.91 Å². The molecule has 0 bridgehead atoms. The highest BCUT2D eigenvalue weighted by Gasteiger charge is 2.09. The van der Waals surface area contributed by atoms with Crippen LogP contribution in [0.5, 0.6) is 0 Å². The Morgan fingerprint density at radius 1 is 1.25 bits per heavy atom. The largest absolute Gasteiger partial charge is 0.399 e. The summed E-state index contributed by atoms with van der Waals surface area (Å²) in [6.45, 7) is 4.49. The number of hydrogen-bond acceptors (Lipinski definition) is 3. The van der Waals surface area contributed by atoms with Crippen molar-refractivity contribution in [1.29, 1.82) is 0 Å². The SMILES string of the molecule is CCCN(CCN(C)C)C(=O)/C=C/c1cccc(N)c1. The van der Waals surface area contributed by atoms with Gasteiger partial charge in [-0.05, 0) is 44.3 Å². The minimum Gasteiger partial charge on any atom is -0.399 e. The summed E-state index contributed by atoms with van der Waals surface area (Å²) in [4.78, 5) is 16.2. The zero-order valence-electron chi connectivity index (χ0n) is 12.7. The Bertz CT molecular complexity index is 455. The third-order valence-corrected chi connectivity index (χ3v) is 2.95. The van der Waals surface area contributed by atoms with Crippen LogP contribution >= 0.6 is 0 Å². The molecular weight excluding hydrogens is 250 g/mol. The van der Waals surface area contributed by atoms with Crippen LogP contribution in [0.25, 0.3) is 6.08 Å². The first kappa shape index (κ1) is 16.2. The molecule has 1 amide bonds. The predicted octanol–water partition coefficient (Wildman–Crippen LogP) is 2.08. The number of benzene rings is 1. The normalized spacial score (nSPS) is 11.2. The molecule has 0 aliphatic carbocycles. The van der Waals surface area contributed by atoms with E-state index in [0.29, 0.717) is 5.69 Å². The van der Waals surface area contributed by atoms with Crippen LogP contribution in [0.2, 0.25) is 0 Å². The maximum Gasteiger partial charge on any atom is 0.246 e. The molecule has 0 saturated carbocycles. The molecule has 0 saturated heterocycles. The Balaban J connectivity index is 2.65. The summed E-state index contributed by atoms with van der Waals surface area (Å²) < 4.78 is 0. The number of carbonyl (C=O) groups excluding carboxylic acids is 1. The lowest BCUT2D eigenvalue weighted by atomic mass is 10.2. The minimum absolute atomic E-state index is 0.0520. The van der Waals surface area contributed by atoms with Crippen molar-refractivity contribution in [3.8, 4) is 0 Å². The second-order valence-electron chi connectivity index (χ2n) is 5.13.